The summed E-state index contributed by atoms with van der Waals surface area (Å²) < 4.78 is 0. The third kappa shape index (κ3) is 1.29. The third-order valence-corrected chi connectivity index (χ3v) is 1.52. The highest BCUT2D eigenvalue weighted by atomic mass is 32.4. The second kappa shape index (κ2) is 2.80. The lowest BCUT2D eigenvalue weighted by molar-refractivity contribution is 1.24. The summed E-state index contributed by atoms with van der Waals surface area (Å²) in [6.07, 6.45) is 3.36. The molecule has 0 radical (unpaired) electrons. The van der Waals surface area contributed by atoms with E-state index in [0.29, 0.717) is 12.9 Å². The smallest absolute Gasteiger partial charge is 0.190 e. The Hall–Kier alpha value is -0.400. The Morgan fingerprint density at radius 2 is 2.00 bits per heavy atom. The molecule has 1 aromatic heterocycles. The summed E-state index contributed by atoms with van der Waals surface area (Å²) in [4.78, 5) is 7.74. The largest absolute Gasteiger partial charge is 0.232 e. The van der Waals surface area contributed by atoms with E-state index < -0.39 is 0 Å². The summed E-state index contributed by atoms with van der Waals surface area (Å²) >= 11 is 4.67. The van der Waals surface area contributed by atoms with Crippen molar-refractivity contribution in [1.82, 2.24) is 9.97 Å². The molecule has 1 aromatic rings. The molecular weight excluding hydrogens is 139 g/mol. The first-order chi connectivity index (χ1) is 3.93. The molecule has 0 N–H and O–H groups in total. The molecule has 40 valence electrons. The number of rotatable bonds is 1. The molecule has 2 nitrogen and oxygen atoms in total. The van der Waals surface area contributed by atoms with E-state index in [1.54, 1.807) is 18.5 Å². The first-order valence-corrected chi connectivity index (χ1v) is 3.94. The first-order valence-electron chi connectivity index (χ1n) is 2.04. The molecule has 0 saturated carbocycles. The second-order valence-electron chi connectivity index (χ2n) is 1.14. The zero-order valence-corrected chi connectivity index (χ0v) is 5.69. The molecule has 0 aliphatic rings. The molecule has 0 aliphatic carbocycles. The summed E-state index contributed by atoms with van der Waals surface area (Å²) in [5, 5.41) is 0. The fraction of sp³-hybridized carbons (Fsp3) is 0. The fourth-order valence-corrected chi connectivity index (χ4v) is 0.849. The van der Waals surface area contributed by atoms with Crippen molar-refractivity contribution in [2.24, 2.45) is 0 Å². The van der Waals surface area contributed by atoms with Gasteiger partial charge in [-0.15, -0.1) is 0 Å². The monoisotopic (exact) mass is 142 g/mol. The highest BCUT2D eigenvalue weighted by molar-refractivity contribution is 7.99. The number of hydrogen-bond acceptors (Lipinski definition) is 3. The van der Waals surface area contributed by atoms with E-state index in [0.717, 1.165) is 0 Å². The van der Waals surface area contributed by atoms with Crippen molar-refractivity contribution < 1.29 is 0 Å². The Kier molecular flexibility index (Phi) is 2.00. The molecule has 0 fully saturated rings. The van der Waals surface area contributed by atoms with E-state index in [-0.39, 0.29) is 0 Å². The van der Waals surface area contributed by atoms with E-state index in [2.05, 4.69) is 21.8 Å². The molecule has 0 atom stereocenters. The highest BCUT2D eigenvalue weighted by Gasteiger charge is 1.81. The Balaban J connectivity index is 2.99. The van der Waals surface area contributed by atoms with E-state index in [1.807, 2.05) is 0 Å². The zero-order chi connectivity index (χ0) is 5.82. The van der Waals surface area contributed by atoms with Crippen molar-refractivity contribution in [3.05, 3.63) is 18.5 Å². The predicted molar refractivity (Wildman–Crippen MR) is 36.0 cm³/mol. The molecule has 0 unspecified atom stereocenters. The van der Waals surface area contributed by atoms with Crippen LogP contribution in [0.25, 0.3) is 0 Å². The second-order valence-corrected chi connectivity index (χ2v) is 2.27. The van der Waals surface area contributed by atoms with Gasteiger partial charge in [0, 0.05) is 12.4 Å². The maximum Gasteiger partial charge on any atom is 0.190 e. The van der Waals surface area contributed by atoms with Crippen molar-refractivity contribution in [2.75, 3.05) is 0 Å². The normalized spacial score (nSPS) is 9.50. The standard InChI is InChI=1S/C4H3N2PS/c8-7-4-5-2-1-3-6-4/h1-3H. The number of aromatic nitrogens is 2. The average Bonchev–Trinajstić information content (AvgIpc) is 1.90. The molecule has 0 bridgehead atoms. The predicted octanol–water partition coefficient (Wildman–Crippen LogP) is 0.510. The van der Waals surface area contributed by atoms with Crippen molar-refractivity contribution in [1.29, 1.82) is 0 Å². The van der Waals surface area contributed by atoms with E-state index in [9.17, 15) is 0 Å². The van der Waals surface area contributed by atoms with Crippen LogP contribution >= 0.6 is 7.36 Å². The van der Waals surface area contributed by atoms with Crippen LogP contribution in [0.3, 0.4) is 0 Å². The minimum atomic E-state index is 0.697. The summed E-state index contributed by atoms with van der Waals surface area (Å²) in [7, 11) is 0.711. The summed E-state index contributed by atoms with van der Waals surface area (Å²) in [5.41, 5.74) is 0.697. The van der Waals surface area contributed by atoms with Gasteiger partial charge in [-0.05, 0) is 17.9 Å². The molecule has 0 saturated heterocycles. The molecular formula is C4H3N2PS. The SMILES string of the molecule is S=Pc1ncccn1. The Labute approximate surface area is 53.8 Å². The maximum absolute atomic E-state index is 4.67. The van der Waals surface area contributed by atoms with Crippen LogP contribution in [0.4, 0.5) is 0 Å². The number of hydrogen-bond donors (Lipinski definition) is 0. The van der Waals surface area contributed by atoms with Crippen LogP contribution in [-0.2, 0) is 11.8 Å². The van der Waals surface area contributed by atoms with Gasteiger partial charge in [0.1, 0.15) is 0 Å². The molecule has 0 aliphatic heterocycles. The molecule has 0 amide bonds. The molecule has 0 aromatic carbocycles. The van der Waals surface area contributed by atoms with Crippen LogP contribution in [0.2, 0.25) is 0 Å². The lowest BCUT2D eigenvalue weighted by Gasteiger charge is -1.81. The summed E-state index contributed by atoms with van der Waals surface area (Å²) in [6, 6.07) is 1.77. The van der Waals surface area contributed by atoms with E-state index in [4.69, 9.17) is 0 Å². The van der Waals surface area contributed by atoms with E-state index in [1.165, 1.54) is 0 Å². The molecule has 8 heavy (non-hydrogen) atoms. The van der Waals surface area contributed by atoms with Crippen LogP contribution < -0.4 is 5.57 Å². The third-order valence-electron chi connectivity index (χ3n) is 0.634. The van der Waals surface area contributed by atoms with Crippen LogP contribution in [-0.4, -0.2) is 9.97 Å². The van der Waals surface area contributed by atoms with E-state index >= 15 is 0 Å². The van der Waals surface area contributed by atoms with Crippen molar-refractivity contribution in [3.63, 3.8) is 0 Å². The van der Waals surface area contributed by atoms with Crippen LogP contribution in [0.15, 0.2) is 18.5 Å². The van der Waals surface area contributed by atoms with Gasteiger partial charge in [0.2, 0.25) is 0 Å². The first kappa shape index (κ1) is 5.73. The topological polar surface area (TPSA) is 25.8 Å². The van der Waals surface area contributed by atoms with Gasteiger partial charge in [-0.25, -0.2) is 9.97 Å². The van der Waals surface area contributed by atoms with Crippen molar-refractivity contribution in [2.45, 2.75) is 0 Å². The molecule has 4 heteroatoms. The van der Waals surface area contributed by atoms with Gasteiger partial charge >= 0.3 is 0 Å². The zero-order valence-electron chi connectivity index (χ0n) is 3.98. The Morgan fingerprint density at radius 1 is 1.38 bits per heavy atom. The van der Waals surface area contributed by atoms with Gasteiger partial charge in [0.05, 0.1) is 7.36 Å². The van der Waals surface area contributed by atoms with Gasteiger partial charge in [0.15, 0.2) is 5.57 Å². The fourth-order valence-electron chi connectivity index (χ4n) is 0.338. The van der Waals surface area contributed by atoms with Gasteiger partial charge in [-0.2, -0.15) is 0 Å². The summed E-state index contributed by atoms with van der Waals surface area (Å²) in [5.74, 6) is 0. The van der Waals surface area contributed by atoms with Crippen molar-refractivity contribution >= 4 is 24.7 Å². The van der Waals surface area contributed by atoms with Crippen LogP contribution in [0, 0.1) is 0 Å². The minimum absolute atomic E-state index is 0.697. The quantitative estimate of drug-likeness (QED) is 0.534. The minimum Gasteiger partial charge on any atom is -0.232 e. The molecule has 1 rings (SSSR count). The van der Waals surface area contributed by atoms with Gasteiger partial charge < -0.3 is 0 Å². The molecule has 0 spiro atoms. The number of nitrogens with zero attached hydrogens (tertiary/aromatic N) is 2. The van der Waals surface area contributed by atoms with Crippen LogP contribution in [0.1, 0.15) is 0 Å². The lowest BCUT2D eigenvalue weighted by atomic mass is 10.7. The molecule has 1 heterocycles. The highest BCUT2D eigenvalue weighted by Crippen LogP contribution is 1.84. The van der Waals surface area contributed by atoms with Gasteiger partial charge in [0.25, 0.3) is 0 Å². The lowest BCUT2D eigenvalue weighted by Crippen LogP contribution is -2.00. The average molecular weight is 142 g/mol. The van der Waals surface area contributed by atoms with Gasteiger partial charge in [-0.1, -0.05) is 0 Å². The summed E-state index contributed by atoms with van der Waals surface area (Å²) in [6.45, 7) is 0. The van der Waals surface area contributed by atoms with Gasteiger partial charge in [-0.3, -0.25) is 0 Å². The van der Waals surface area contributed by atoms with Crippen LogP contribution in [0.5, 0.6) is 0 Å². The Morgan fingerprint density at radius 3 is 2.38 bits per heavy atom. The Bertz CT molecular complexity index is 177. The maximum atomic E-state index is 4.67. The van der Waals surface area contributed by atoms with Crippen molar-refractivity contribution in [3.8, 4) is 0 Å².